The zero-order valence-electron chi connectivity index (χ0n) is 10.8. The van der Waals surface area contributed by atoms with Crippen molar-refractivity contribution in [2.75, 3.05) is 24.4 Å². The Morgan fingerprint density at radius 2 is 1.90 bits per heavy atom. The minimum Gasteiger partial charge on any atom is -0.347 e. The molecule has 0 aliphatic carbocycles. The molecule has 9 heteroatoms. The number of nitrogen functional groups attached to an aromatic ring is 1. The number of nitrogens with two attached hydrogens (primary N) is 1. The van der Waals surface area contributed by atoms with E-state index in [-0.39, 0.29) is 0 Å². The summed E-state index contributed by atoms with van der Waals surface area (Å²) in [5.74, 6) is 6.16. The van der Waals surface area contributed by atoms with Gasteiger partial charge in [-0.1, -0.05) is 23.2 Å². The number of hydrogen-bond acceptors (Lipinski definition) is 7. The van der Waals surface area contributed by atoms with Crippen LogP contribution in [-0.4, -0.2) is 29.0 Å². The fourth-order valence-electron chi connectivity index (χ4n) is 1.30. The van der Waals surface area contributed by atoms with Gasteiger partial charge in [0.1, 0.15) is 0 Å². The normalized spacial score (nSPS) is 10.4. The lowest BCUT2D eigenvalue weighted by molar-refractivity contribution is 0.865. The summed E-state index contributed by atoms with van der Waals surface area (Å²) in [6, 6.07) is 5.32. The van der Waals surface area contributed by atoms with Crippen molar-refractivity contribution in [3.05, 3.63) is 28.2 Å². The summed E-state index contributed by atoms with van der Waals surface area (Å²) in [6.07, 6.45) is 0. The van der Waals surface area contributed by atoms with Gasteiger partial charge in [-0.05, 0) is 30.0 Å². The third-order valence-electron chi connectivity index (χ3n) is 2.23. The fraction of sp³-hybridized carbons (Fsp3) is 0.182. The predicted molar refractivity (Wildman–Crippen MR) is 82.5 cm³/mol. The van der Waals surface area contributed by atoms with Crippen molar-refractivity contribution in [2.24, 2.45) is 5.84 Å². The van der Waals surface area contributed by atoms with Crippen LogP contribution in [0.3, 0.4) is 0 Å². The van der Waals surface area contributed by atoms with Gasteiger partial charge in [-0.15, -0.1) is 0 Å². The highest BCUT2D eigenvalue weighted by atomic mass is 35.5. The van der Waals surface area contributed by atoms with E-state index in [4.69, 9.17) is 29.0 Å². The lowest BCUT2D eigenvalue weighted by Gasteiger charge is -2.12. The van der Waals surface area contributed by atoms with E-state index in [1.54, 1.807) is 17.0 Å². The first kappa shape index (κ1) is 15.1. The van der Waals surface area contributed by atoms with Gasteiger partial charge in [0.15, 0.2) is 5.16 Å². The van der Waals surface area contributed by atoms with Crippen LogP contribution in [0, 0.1) is 0 Å². The topological polar surface area (TPSA) is 80.0 Å². The van der Waals surface area contributed by atoms with Gasteiger partial charge >= 0.3 is 0 Å². The summed E-state index contributed by atoms with van der Waals surface area (Å²) < 4.78 is 0. The molecule has 2 rings (SSSR count). The van der Waals surface area contributed by atoms with Crippen LogP contribution in [0.1, 0.15) is 0 Å². The van der Waals surface area contributed by atoms with Gasteiger partial charge in [-0.2, -0.15) is 15.0 Å². The number of hydrogen-bond donors (Lipinski definition) is 2. The molecule has 0 aliphatic heterocycles. The Bertz CT molecular complexity index is 622. The Labute approximate surface area is 130 Å². The summed E-state index contributed by atoms with van der Waals surface area (Å²) >= 11 is 13.2. The highest BCUT2D eigenvalue weighted by Gasteiger charge is 2.10. The van der Waals surface area contributed by atoms with Crippen molar-refractivity contribution in [1.29, 1.82) is 0 Å². The van der Waals surface area contributed by atoms with Gasteiger partial charge in [0.05, 0.1) is 10.0 Å². The summed E-state index contributed by atoms with van der Waals surface area (Å²) in [6.45, 7) is 0. The van der Waals surface area contributed by atoms with Crippen LogP contribution in [0.25, 0.3) is 0 Å². The maximum absolute atomic E-state index is 5.98. The largest absolute Gasteiger partial charge is 0.347 e. The number of halogens is 2. The molecule has 0 saturated heterocycles. The van der Waals surface area contributed by atoms with Crippen LogP contribution in [0.5, 0.6) is 0 Å². The zero-order chi connectivity index (χ0) is 14.7. The average Bonchev–Trinajstić information content (AvgIpc) is 2.42. The number of aromatic nitrogens is 3. The van der Waals surface area contributed by atoms with E-state index < -0.39 is 0 Å². The molecule has 106 valence electrons. The molecule has 6 nitrogen and oxygen atoms in total. The number of anilines is 2. The van der Waals surface area contributed by atoms with Crippen molar-refractivity contribution in [3.8, 4) is 0 Å². The van der Waals surface area contributed by atoms with Crippen LogP contribution in [0.2, 0.25) is 10.0 Å². The number of rotatable bonds is 4. The average molecular weight is 331 g/mol. The van der Waals surface area contributed by atoms with E-state index in [1.165, 1.54) is 11.8 Å². The molecule has 1 aromatic carbocycles. The van der Waals surface area contributed by atoms with Gasteiger partial charge in [0.25, 0.3) is 0 Å². The van der Waals surface area contributed by atoms with E-state index in [0.29, 0.717) is 27.1 Å². The van der Waals surface area contributed by atoms with Crippen LogP contribution >= 0.6 is 35.0 Å². The Morgan fingerprint density at radius 1 is 1.15 bits per heavy atom. The van der Waals surface area contributed by atoms with Crippen molar-refractivity contribution in [2.45, 2.75) is 10.1 Å². The van der Waals surface area contributed by atoms with Gasteiger partial charge < -0.3 is 4.90 Å². The molecule has 1 heterocycles. The lowest BCUT2D eigenvalue weighted by Crippen LogP contribution is -2.17. The highest BCUT2D eigenvalue weighted by Crippen LogP contribution is 2.31. The molecule has 20 heavy (non-hydrogen) atoms. The minimum atomic E-state index is 0.297. The summed E-state index contributed by atoms with van der Waals surface area (Å²) in [7, 11) is 3.67. The van der Waals surface area contributed by atoms with Crippen molar-refractivity contribution in [1.82, 2.24) is 15.0 Å². The van der Waals surface area contributed by atoms with Gasteiger partial charge in [0, 0.05) is 19.0 Å². The Balaban J connectivity index is 2.32. The zero-order valence-corrected chi connectivity index (χ0v) is 13.1. The van der Waals surface area contributed by atoms with Crippen LogP contribution in [0.4, 0.5) is 11.9 Å². The monoisotopic (exact) mass is 330 g/mol. The van der Waals surface area contributed by atoms with Crippen LogP contribution in [0.15, 0.2) is 28.3 Å². The van der Waals surface area contributed by atoms with Gasteiger partial charge in [-0.25, -0.2) is 5.84 Å². The molecule has 0 amide bonds. The maximum atomic E-state index is 5.98. The molecule has 3 N–H and O–H groups in total. The SMILES string of the molecule is CN(C)c1nc(NN)nc(Sc2ccc(Cl)c(Cl)c2)n1. The molecule has 0 radical (unpaired) electrons. The van der Waals surface area contributed by atoms with E-state index in [9.17, 15) is 0 Å². The second-order valence-electron chi connectivity index (χ2n) is 3.96. The molecule has 0 saturated carbocycles. The van der Waals surface area contributed by atoms with Crippen molar-refractivity contribution >= 4 is 46.9 Å². The second kappa shape index (κ2) is 6.45. The number of benzene rings is 1. The Kier molecular flexibility index (Phi) is 4.87. The summed E-state index contributed by atoms with van der Waals surface area (Å²) in [4.78, 5) is 15.3. The lowest BCUT2D eigenvalue weighted by atomic mass is 10.4. The third-order valence-corrected chi connectivity index (χ3v) is 3.83. The maximum Gasteiger partial charge on any atom is 0.242 e. The molecule has 0 unspecified atom stereocenters. The highest BCUT2D eigenvalue weighted by molar-refractivity contribution is 7.99. The predicted octanol–water partition coefficient (Wildman–Crippen LogP) is 2.68. The molecule has 1 aromatic heterocycles. The van der Waals surface area contributed by atoms with E-state index in [2.05, 4.69) is 20.4 Å². The van der Waals surface area contributed by atoms with Crippen LogP contribution in [-0.2, 0) is 0 Å². The van der Waals surface area contributed by atoms with Gasteiger partial charge in [-0.3, -0.25) is 5.43 Å². The first-order chi connectivity index (χ1) is 9.49. The Hall–Kier alpha value is -1.28. The van der Waals surface area contributed by atoms with Crippen molar-refractivity contribution < 1.29 is 0 Å². The molecular weight excluding hydrogens is 319 g/mol. The first-order valence-corrected chi connectivity index (χ1v) is 7.10. The molecule has 0 fully saturated rings. The molecule has 0 atom stereocenters. The summed E-state index contributed by atoms with van der Waals surface area (Å²) in [5.41, 5.74) is 2.42. The standard InChI is InChI=1S/C11H12Cl2N6S/c1-19(2)10-15-9(18-14)16-11(17-10)20-6-3-4-7(12)8(13)5-6/h3-5H,14H2,1-2H3,(H,15,16,17,18). The van der Waals surface area contributed by atoms with Crippen molar-refractivity contribution in [3.63, 3.8) is 0 Å². The third kappa shape index (κ3) is 3.63. The fourth-order valence-corrected chi connectivity index (χ4v) is 2.45. The second-order valence-corrected chi connectivity index (χ2v) is 5.81. The van der Waals surface area contributed by atoms with E-state index >= 15 is 0 Å². The van der Waals surface area contributed by atoms with Gasteiger partial charge in [0.2, 0.25) is 11.9 Å². The Morgan fingerprint density at radius 3 is 2.50 bits per heavy atom. The minimum absolute atomic E-state index is 0.297. The number of nitrogens with zero attached hydrogens (tertiary/aromatic N) is 4. The van der Waals surface area contributed by atoms with E-state index in [0.717, 1.165) is 4.90 Å². The molecule has 0 spiro atoms. The van der Waals surface area contributed by atoms with Crippen LogP contribution < -0.4 is 16.2 Å². The molecule has 0 aliphatic rings. The molecule has 0 bridgehead atoms. The first-order valence-electron chi connectivity index (χ1n) is 5.52. The number of nitrogens with one attached hydrogen (secondary N) is 1. The van der Waals surface area contributed by atoms with E-state index in [1.807, 2.05) is 20.2 Å². The molecular formula is C11H12Cl2N6S. The summed E-state index contributed by atoms with van der Waals surface area (Å²) in [5, 5.41) is 1.50. The quantitative estimate of drug-likeness (QED) is 0.658. The number of hydrazine groups is 1. The smallest absolute Gasteiger partial charge is 0.242 e. The molecule has 2 aromatic rings.